The summed E-state index contributed by atoms with van der Waals surface area (Å²) in [4.78, 5) is 19.0. The number of carbonyl (C=O) groups excluding carboxylic acids is 1. The molecule has 0 aliphatic carbocycles. The third kappa shape index (κ3) is 4.35. The summed E-state index contributed by atoms with van der Waals surface area (Å²) in [5, 5.41) is 9.46. The molecular weight excluding hydrogens is 338 g/mol. The molecule has 1 unspecified atom stereocenters. The van der Waals surface area contributed by atoms with Gasteiger partial charge < -0.3 is 9.64 Å². The van der Waals surface area contributed by atoms with Gasteiger partial charge in [0.2, 0.25) is 0 Å². The Balaban J connectivity index is 1.77. The van der Waals surface area contributed by atoms with E-state index in [2.05, 4.69) is 11.1 Å². The number of nitriles is 1. The maximum Gasteiger partial charge on any atom is 0.253 e. The third-order valence-corrected chi connectivity index (χ3v) is 4.96. The van der Waals surface area contributed by atoms with Gasteiger partial charge in [0.15, 0.2) is 0 Å². The molecule has 1 amide bonds. The Hall–Kier alpha value is -2.71. The molecule has 2 aromatic rings. The van der Waals surface area contributed by atoms with Crippen molar-refractivity contribution in [1.82, 2.24) is 9.88 Å². The standard InChI is InChI=1S/C22H25N3O2/c1-15-12-16(2)24-21(20(15)13-23)17-7-9-18(10-8-17)22(26)25(3)14-19-6-4-5-11-27-19/h7-10,12,19H,4-6,11,14H2,1-3H3. The van der Waals surface area contributed by atoms with Crippen LogP contribution >= 0.6 is 0 Å². The summed E-state index contributed by atoms with van der Waals surface area (Å²) in [5.41, 5.74) is 4.48. The summed E-state index contributed by atoms with van der Waals surface area (Å²) in [6.07, 6.45) is 3.40. The number of amides is 1. The average Bonchev–Trinajstić information content (AvgIpc) is 2.68. The minimum absolute atomic E-state index is 0.0235. The number of pyridine rings is 1. The van der Waals surface area contributed by atoms with Crippen molar-refractivity contribution in [2.75, 3.05) is 20.2 Å². The minimum Gasteiger partial charge on any atom is -0.376 e. The third-order valence-electron chi connectivity index (χ3n) is 4.96. The van der Waals surface area contributed by atoms with Gasteiger partial charge in [0.25, 0.3) is 5.91 Å². The molecular formula is C22H25N3O2. The molecule has 1 fully saturated rings. The second kappa shape index (κ2) is 8.32. The van der Waals surface area contributed by atoms with Crippen molar-refractivity contribution in [3.63, 3.8) is 0 Å². The van der Waals surface area contributed by atoms with Crippen molar-refractivity contribution in [2.45, 2.75) is 39.2 Å². The molecule has 1 aromatic heterocycles. The van der Waals surface area contributed by atoms with Crippen LogP contribution in [0, 0.1) is 25.2 Å². The lowest BCUT2D eigenvalue weighted by molar-refractivity contribution is -0.000186. The van der Waals surface area contributed by atoms with Crippen LogP contribution < -0.4 is 0 Å². The van der Waals surface area contributed by atoms with Crippen molar-refractivity contribution < 1.29 is 9.53 Å². The van der Waals surface area contributed by atoms with Crippen LogP contribution in [0.2, 0.25) is 0 Å². The largest absolute Gasteiger partial charge is 0.376 e. The Kier molecular flexibility index (Phi) is 5.88. The summed E-state index contributed by atoms with van der Waals surface area (Å²) in [7, 11) is 1.81. The van der Waals surface area contributed by atoms with Gasteiger partial charge in [0.1, 0.15) is 6.07 Å². The van der Waals surface area contributed by atoms with E-state index in [0.717, 1.165) is 42.7 Å². The van der Waals surface area contributed by atoms with E-state index in [1.807, 2.05) is 39.1 Å². The van der Waals surface area contributed by atoms with Crippen molar-refractivity contribution in [1.29, 1.82) is 5.26 Å². The van der Waals surface area contributed by atoms with E-state index in [-0.39, 0.29) is 12.0 Å². The van der Waals surface area contributed by atoms with Crippen LogP contribution in [0.15, 0.2) is 30.3 Å². The van der Waals surface area contributed by atoms with Gasteiger partial charge in [-0.25, -0.2) is 0 Å². The normalized spacial score (nSPS) is 16.6. The van der Waals surface area contributed by atoms with Crippen LogP contribution in [-0.2, 0) is 4.74 Å². The lowest BCUT2D eigenvalue weighted by atomic mass is 10.0. The molecule has 0 bridgehead atoms. The van der Waals surface area contributed by atoms with Gasteiger partial charge in [0.05, 0.1) is 17.4 Å². The molecule has 0 saturated carbocycles. The summed E-state index contributed by atoms with van der Waals surface area (Å²) in [5.74, 6) is -0.0235. The van der Waals surface area contributed by atoms with E-state index in [4.69, 9.17) is 4.74 Å². The number of rotatable bonds is 4. The number of hydrogen-bond acceptors (Lipinski definition) is 4. The van der Waals surface area contributed by atoms with E-state index in [1.165, 1.54) is 0 Å². The number of hydrogen-bond donors (Lipinski definition) is 0. The number of nitrogens with zero attached hydrogens (tertiary/aromatic N) is 3. The van der Waals surface area contributed by atoms with E-state index in [9.17, 15) is 10.1 Å². The molecule has 1 aliphatic rings. The quantitative estimate of drug-likeness (QED) is 0.827. The number of carbonyl (C=O) groups is 1. The molecule has 2 heterocycles. The highest BCUT2D eigenvalue weighted by molar-refractivity contribution is 5.94. The van der Waals surface area contributed by atoms with Crippen LogP contribution in [0.1, 0.15) is 46.4 Å². The average molecular weight is 363 g/mol. The predicted molar refractivity (Wildman–Crippen MR) is 104 cm³/mol. The highest BCUT2D eigenvalue weighted by Gasteiger charge is 2.20. The van der Waals surface area contributed by atoms with Gasteiger partial charge >= 0.3 is 0 Å². The number of aromatic nitrogens is 1. The smallest absolute Gasteiger partial charge is 0.253 e. The van der Waals surface area contributed by atoms with Crippen LogP contribution in [0.25, 0.3) is 11.3 Å². The lowest BCUT2D eigenvalue weighted by Gasteiger charge is -2.27. The van der Waals surface area contributed by atoms with Crippen LogP contribution in [0.3, 0.4) is 0 Å². The molecule has 3 rings (SSSR count). The highest BCUT2D eigenvalue weighted by Crippen LogP contribution is 2.25. The van der Waals surface area contributed by atoms with Gasteiger partial charge in [-0.3, -0.25) is 9.78 Å². The van der Waals surface area contributed by atoms with E-state index >= 15 is 0 Å². The van der Waals surface area contributed by atoms with Crippen LogP contribution in [-0.4, -0.2) is 42.1 Å². The first-order chi connectivity index (χ1) is 13.0. The fourth-order valence-electron chi connectivity index (χ4n) is 3.52. The summed E-state index contributed by atoms with van der Waals surface area (Å²) in [6, 6.07) is 11.5. The SMILES string of the molecule is Cc1cc(C)c(C#N)c(-c2ccc(C(=O)N(C)CC3CCCCO3)cc2)n1. The minimum atomic E-state index is -0.0235. The van der Waals surface area contributed by atoms with Gasteiger partial charge in [-0.2, -0.15) is 5.26 Å². The van der Waals surface area contributed by atoms with Crippen molar-refractivity contribution in [3.8, 4) is 17.3 Å². The number of ether oxygens (including phenoxy) is 1. The molecule has 140 valence electrons. The zero-order valence-corrected chi connectivity index (χ0v) is 16.2. The fraction of sp³-hybridized carbons (Fsp3) is 0.409. The second-order valence-electron chi connectivity index (χ2n) is 7.17. The van der Waals surface area contributed by atoms with Crippen molar-refractivity contribution >= 4 is 5.91 Å². The zero-order chi connectivity index (χ0) is 19.4. The van der Waals surface area contributed by atoms with Crippen molar-refractivity contribution in [2.24, 2.45) is 0 Å². The molecule has 0 N–H and O–H groups in total. The Morgan fingerprint density at radius 3 is 2.67 bits per heavy atom. The summed E-state index contributed by atoms with van der Waals surface area (Å²) in [6.45, 7) is 5.22. The predicted octanol–water partition coefficient (Wildman–Crippen LogP) is 3.88. The Morgan fingerprint density at radius 2 is 2.04 bits per heavy atom. The molecule has 1 aliphatic heterocycles. The van der Waals surface area contributed by atoms with E-state index in [0.29, 0.717) is 23.4 Å². The number of aryl methyl sites for hydroxylation is 2. The first-order valence-electron chi connectivity index (χ1n) is 9.35. The molecule has 1 aromatic carbocycles. The van der Waals surface area contributed by atoms with E-state index < -0.39 is 0 Å². The van der Waals surface area contributed by atoms with Gasteiger partial charge in [0, 0.05) is 37.0 Å². The molecule has 5 heteroatoms. The summed E-state index contributed by atoms with van der Waals surface area (Å²) < 4.78 is 5.73. The topological polar surface area (TPSA) is 66.2 Å². The molecule has 0 radical (unpaired) electrons. The molecule has 0 spiro atoms. The monoisotopic (exact) mass is 363 g/mol. The molecule has 1 atom stereocenters. The Morgan fingerprint density at radius 1 is 1.30 bits per heavy atom. The molecule has 1 saturated heterocycles. The van der Waals surface area contributed by atoms with Gasteiger partial charge in [-0.05, 0) is 56.9 Å². The summed E-state index contributed by atoms with van der Waals surface area (Å²) >= 11 is 0. The highest BCUT2D eigenvalue weighted by atomic mass is 16.5. The van der Waals surface area contributed by atoms with E-state index in [1.54, 1.807) is 17.0 Å². The zero-order valence-electron chi connectivity index (χ0n) is 16.2. The Labute approximate surface area is 160 Å². The van der Waals surface area contributed by atoms with Gasteiger partial charge in [-0.15, -0.1) is 0 Å². The number of likely N-dealkylation sites (N-methyl/N-ethyl adjacent to an activating group) is 1. The van der Waals surface area contributed by atoms with Crippen LogP contribution in [0.4, 0.5) is 0 Å². The Bertz CT molecular complexity index is 862. The van der Waals surface area contributed by atoms with Gasteiger partial charge in [-0.1, -0.05) is 12.1 Å². The number of benzene rings is 1. The maximum absolute atomic E-state index is 12.7. The van der Waals surface area contributed by atoms with Crippen LogP contribution in [0.5, 0.6) is 0 Å². The first kappa shape index (κ1) is 19.1. The molecule has 27 heavy (non-hydrogen) atoms. The molecule has 5 nitrogen and oxygen atoms in total. The second-order valence-corrected chi connectivity index (χ2v) is 7.17. The lowest BCUT2D eigenvalue weighted by Crippen LogP contribution is -2.37. The fourth-order valence-corrected chi connectivity index (χ4v) is 3.52. The first-order valence-corrected chi connectivity index (χ1v) is 9.35. The van der Waals surface area contributed by atoms with Crippen molar-refractivity contribution in [3.05, 3.63) is 52.7 Å². The maximum atomic E-state index is 12.7.